The van der Waals surface area contributed by atoms with Crippen LogP contribution in [0.15, 0.2) is 24.5 Å². The largest absolute Gasteiger partial charge is 0.378 e. The minimum absolute atomic E-state index is 0.0689. The van der Waals surface area contributed by atoms with Gasteiger partial charge in [-0.2, -0.15) is 0 Å². The van der Waals surface area contributed by atoms with Crippen LogP contribution in [0.4, 0.5) is 0 Å². The second-order valence-electron chi connectivity index (χ2n) is 4.60. The van der Waals surface area contributed by atoms with Gasteiger partial charge >= 0.3 is 0 Å². The monoisotopic (exact) mass is 239 g/mol. The molecule has 1 atom stereocenters. The van der Waals surface area contributed by atoms with Gasteiger partial charge in [0.1, 0.15) is 0 Å². The predicted molar refractivity (Wildman–Crippen MR) is 65.8 cm³/mol. The van der Waals surface area contributed by atoms with Crippen LogP contribution in [0, 0.1) is 0 Å². The van der Waals surface area contributed by atoms with Crippen LogP contribution < -0.4 is 0 Å². The van der Waals surface area contributed by atoms with E-state index in [0.717, 1.165) is 25.7 Å². The standard InChI is InChI=1S/C13H18ClNO/c1-16-13(5-2-6-13)10-12(14)9-11-3-7-15-8-4-11/h3-4,7-8,12H,2,5-6,9-10H2,1H3. The summed E-state index contributed by atoms with van der Waals surface area (Å²) in [6, 6.07) is 4.05. The number of hydrogen-bond acceptors (Lipinski definition) is 2. The van der Waals surface area contributed by atoms with Crippen molar-refractivity contribution >= 4 is 11.6 Å². The zero-order valence-electron chi connectivity index (χ0n) is 9.66. The lowest BCUT2D eigenvalue weighted by atomic mass is 9.76. The van der Waals surface area contributed by atoms with Gasteiger partial charge < -0.3 is 4.74 Å². The Morgan fingerprint density at radius 2 is 2.12 bits per heavy atom. The maximum Gasteiger partial charge on any atom is 0.0693 e. The van der Waals surface area contributed by atoms with Crippen molar-refractivity contribution in [1.82, 2.24) is 4.98 Å². The van der Waals surface area contributed by atoms with E-state index >= 15 is 0 Å². The molecule has 1 saturated carbocycles. The molecule has 0 bridgehead atoms. The summed E-state index contributed by atoms with van der Waals surface area (Å²) >= 11 is 6.39. The van der Waals surface area contributed by atoms with E-state index < -0.39 is 0 Å². The predicted octanol–water partition coefficient (Wildman–Crippen LogP) is 3.19. The molecule has 0 aliphatic heterocycles. The highest BCUT2D eigenvalue weighted by atomic mass is 35.5. The second kappa shape index (κ2) is 5.15. The molecule has 1 aliphatic carbocycles. The van der Waals surface area contributed by atoms with E-state index in [1.54, 1.807) is 7.11 Å². The van der Waals surface area contributed by atoms with Crippen LogP contribution in [0.1, 0.15) is 31.2 Å². The topological polar surface area (TPSA) is 22.1 Å². The Bertz CT molecular complexity index is 318. The Kier molecular flexibility index (Phi) is 3.82. The Hall–Kier alpha value is -0.600. The number of ether oxygens (including phenoxy) is 1. The third-order valence-electron chi connectivity index (χ3n) is 3.50. The van der Waals surface area contributed by atoms with Crippen molar-refractivity contribution in [3.8, 4) is 0 Å². The van der Waals surface area contributed by atoms with Crippen molar-refractivity contribution in [2.24, 2.45) is 0 Å². The van der Waals surface area contributed by atoms with E-state index in [4.69, 9.17) is 16.3 Å². The summed E-state index contributed by atoms with van der Waals surface area (Å²) in [6.45, 7) is 0. The van der Waals surface area contributed by atoms with Gasteiger partial charge in [0, 0.05) is 24.9 Å². The molecule has 1 fully saturated rings. The van der Waals surface area contributed by atoms with Gasteiger partial charge in [0.05, 0.1) is 5.60 Å². The first-order valence-corrected chi connectivity index (χ1v) is 6.26. The summed E-state index contributed by atoms with van der Waals surface area (Å²) in [4.78, 5) is 4.00. The number of methoxy groups -OCH3 is 1. The molecular formula is C13H18ClNO. The number of hydrogen-bond donors (Lipinski definition) is 0. The summed E-state index contributed by atoms with van der Waals surface area (Å²) in [5, 5.41) is 0.155. The highest BCUT2D eigenvalue weighted by Crippen LogP contribution is 2.40. The molecule has 0 radical (unpaired) electrons. The van der Waals surface area contributed by atoms with Crippen molar-refractivity contribution in [3.05, 3.63) is 30.1 Å². The minimum atomic E-state index is 0.0689. The van der Waals surface area contributed by atoms with Crippen molar-refractivity contribution in [2.75, 3.05) is 7.11 Å². The summed E-state index contributed by atoms with van der Waals surface area (Å²) < 4.78 is 5.59. The molecular weight excluding hydrogens is 222 g/mol. The van der Waals surface area contributed by atoms with Crippen LogP contribution >= 0.6 is 11.6 Å². The van der Waals surface area contributed by atoms with Crippen LogP contribution in [0.5, 0.6) is 0 Å². The lowest BCUT2D eigenvalue weighted by molar-refractivity contribution is -0.0777. The van der Waals surface area contributed by atoms with Crippen LogP contribution in [0.25, 0.3) is 0 Å². The maximum atomic E-state index is 6.39. The van der Waals surface area contributed by atoms with E-state index in [1.807, 2.05) is 24.5 Å². The number of rotatable bonds is 5. The SMILES string of the molecule is COC1(CC(Cl)Cc2ccncc2)CCC1. The third kappa shape index (κ3) is 2.74. The zero-order chi connectivity index (χ0) is 11.4. The van der Waals surface area contributed by atoms with E-state index in [1.165, 1.54) is 12.0 Å². The molecule has 0 spiro atoms. The van der Waals surface area contributed by atoms with Gasteiger partial charge in [-0.15, -0.1) is 11.6 Å². The molecule has 0 N–H and O–H groups in total. The zero-order valence-corrected chi connectivity index (χ0v) is 10.4. The van der Waals surface area contributed by atoms with Gasteiger partial charge in [0.15, 0.2) is 0 Å². The molecule has 0 aromatic carbocycles. The fourth-order valence-corrected chi connectivity index (χ4v) is 2.77. The molecule has 0 amide bonds. The molecule has 1 heterocycles. The molecule has 1 unspecified atom stereocenters. The first kappa shape index (κ1) is 11.9. The molecule has 2 rings (SSSR count). The Morgan fingerprint density at radius 3 is 2.62 bits per heavy atom. The maximum absolute atomic E-state index is 6.39. The quantitative estimate of drug-likeness (QED) is 0.737. The van der Waals surface area contributed by atoms with Crippen molar-refractivity contribution in [2.45, 2.75) is 43.1 Å². The van der Waals surface area contributed by atoms with Gasteiger partial charge in [-0.1, -0.05) is 0 Å². The molecule has 0 saturated heterocycles. The Morgan fingerprint density at radius 1 is 1.44 bits per heavy atom. The van der Waals surface area contributed by atoms with E-state index in [0.29, 0.717) is 0 Å². The van der Waals surface area contributed by atoms with Gasteiger partial charge in [0.2, 0.25) is 0 Å². The van der Waals surface area contributed by atoms with Gasteiger partial charge in [-0.25, -0.2) is 0 Å². The fraction of sp³-hybridized carbons (Fsp3) is 0.615. The second-order valence-corrected chi connectivity index (χ2v) is 5.22. The molecule has 16 heavy (non-hydrogen) atoms. The molecule has 1 aromatic heterocycles. The minimum Gasteiger partial charge on any atom is -0.378 e. The molecule has 88 valence electrons. The van der Waals surface area contributed by atoms with Gasteiger partial charge in [0.25, 0.3) is 0 Å². The average molecular weight is 240 g/mol. The third-order valence-corrected chi connectivity index (χ3v) is 3.81. The van der Waals surface area contributed by atoms with Crippen molar-refractivity contribution < 1.29 is 4.74 Å². The fourth-order valence-electron chi connectivity index (χ4n) is 2.31. The van der Waals surface area contributed by atoms with E-state index in [-0.39, 0.29) is 11.0 Å². The van der Waals surface area contributed by atoms with Crippen molar-refractivity contribution in [1.29, 1.82) is 0 Å². The van der Waals surface area contributed by atoms with Gasteiger partial charge in [-0.05, 0) is 49.8 Å². The first-order chi connectivity index (χ1) is 7.74. The molecule has 1 aromatic rings. The molecule has 2 nitrogen and oxygen atoms in total. The summed E-state index contributed by atoms with van der Waals surface area (Å²) in [7, 11) is 1.80. The number of halogens is 1. The first-order valence-electron chi connectivity index (χ1n) is 5.82. The highest BCUT2D eigenvalue weighted by molar-refractivity contribution is 6.20. The Balaban J connectivity index is 1.87. The highest BCUT2D eigenvalue weighted by Gasteiger charge is 2.38. The van der Waals surface area contributed by atoms with Crippen LogP contribution in [0.3, 0.4) is 0 Å². The number of pyridine rings is 1. The summed E-state index contributed by atoms with van der Waals surface area (Å²) in [5.74, 6) is 0. The number of aromatic nitrogens is 1. The number of nitrogens with zero attached hydrogens (tertiary/aromatic N) is 1. The summed E-state index contributed by atoms with van der Waals surface area (Å²) in [5.41, 5.74) is 1.32. The molecule has 1 aliphatic rings. The van der Waals surface area contributed by atoms with Crippen LogP contribution in [-0.4, -0.2) is 23.1 Å². The van der Waals surface area contributed by atoms with Crippen LogP contribution in [-0.2, 0) is 11.2 Å². The average Bonchev–Trinajstić information content (AvgIpc) is 2.25. The van der Waals surface area contributed by atoms with Crippen LogP contribution in [0.2, 0.25) is 0 Å². The lowest BCUT2D eigenvalue weighted by Gasteiger charge is -2.41. The normalized spacial score (nSPS) is 20.1. The molecule has 3 heteroatoms. The smallest absolute Gasteiger partial charge is 0.0693 e. The van der Waals surface area contributed by atoms with E-state index in [9.17, 15) is 0 Å². The van der Waals surface area contributed by atoms with E-state index in [2.05, 4.69) is 4.98 Å². The Labute approximate surface area is 102 Å². The van der Waals surface area contributed by atoms with Crippen molar-refractivity contribution in [3.63, 3.8) is 0 Å². The summed E-state index contributed by atoms with van der Waals surface area (Å²) in [6.07, 6.45) is 9.06. The lowest BCUT2D eigenvalue weighted by Crippen LogP contribution is -2.41. The number of alkyl halides is 1. The van der Waals surface area contributed by atoms with Gasteiger partial charge in [-0.3, -0.25) is 4.98 Å².